The van der Waals surface area contributed by atoms with Crippen LogP contribution in [0.1, 0.15) is 16.9 Å². The quantitative estimate of drug-likeness (QED) is 0.382. The van der Waals surface area contributed by atoms with Crippen molar-refractivity contribution in [2.24, 2.45) is 0 Å². The first-order valence-electron chi connectivity index (χ1n) is 11.5. The summed E-state index contributed by atoms with van der Waals surface area (Å²) in [5, 5.41) is 5.12. The SMILES string of the molecule is COc1cccc(-c2nc(C(=O)NCCC[NH+]3CCOCC3)cc3c2[nH]c2ccccc23)c1. The van der Waals surface area contributed by atoms with Crippen LogP contribution in [-0.2, 0) is 4.74 Å². The highest BCUT2D eigenvalue weighted by Gasteiger charge is 2.18. The molecule has 0 unspecified atom stereocenters. The zero-order chi connectivity index (χ0) is 22.6. The third-order valence-electron chi connectivity index (χ3n) is 6.26. The van der Waals surface area contributed by atoms with Gasteiger partial charge in [0.05, 0.1) is 38.1 Å². The van der Waals surface area contributed by atoms with Gasteiger partial charge in [0.15, 0.2) is 0 Å². The minimum absolute atomic E-state index is 0.150. The molecule has 0 radical (unpaired) electrons. The van der Waals surface area contributed by atoms with Gasteiger partial charge in [0.1, 0.15) is 24.5 Å². The van der Waals surface area contributed by atoms with Crippen LogP contribution < -0.4 is 15.0 Å². The number of hydrogen-bond acceptors (Lipinski definition) is 4. The molecule has 4 aromatic rings. The molecule has 7 heteroatoms. The van der Waals surface area contributed by atoms with Gasteiger partial charge in [-0.1, -0.05) is 30.3 Å². The van der Waals surface area contributed by atoms with Crippen molar-refractivity contribution in [1.82, 2.24) is 15.3 Å². The van der Waals surface area contributed by atoms with Crippen molar-refractivity contribution < 1.29 is 19.2 Å². The number of fused-ring (bicyclic) bond motifs is 3. The van der Waals surface area contributed by atoms with E-state index in [0.717, 1.165) is 78.1 Å². The van der Waals surface area contributed by atoms with E-state index in [1.807, 2.05) is 48.5 Å². The van der Waals surface area contributed by atoms with Crippen molar-refractivity contribution in [3.8, 4) is 17.0 Å². The number of ether oxygens (including phenoxy) is 2. The summed E-state index contributed by atoms with van der Waals surface area (Å²) in [6.07, 6.45) is 0.930. The number of pyridine rings is 1. The van der Waals surface area contributed by atoms with Gasteiger partial charge in [-0.3, -0.25) is 4.79 Å². The van der Waals surface area contributed by atoms with Gasteiger partial charge in [0.2, 0.25) is 0 Å². The van der Waals surface area contributed by atoms with Gasteiger partial charge in [-0.25, -0.2) is 4.98 Å². The minimum Gasteiger partial charge on any atom is -0.497 e. The molecule has 33 heavy (non-hydrogen) atoms. The van der Waals surface area contributed by atoms with Crippen molar-refractivity contribution in [1.29, 1.82) is 0 Å². The number of morpholine rings is 1. The molecule has 0 spiro atoms. The van der Waals surface area contributed by atoms with Gasteiger partial charge in [-0.2, -0.15) is 0 Å². The van der Waals surface area contributed by atoms with E-state index in [4.69, 9.17) is 14.5 Å². The van der Waals surface area contributed by atoms with E-state index in [9.17, 15) is 4.79 Å². The van der Waals surface area contributed by atoms with Gasteiger partial charge in [0.25, 0.3) is 5.91 Å². The molecule has 0 saturated carbocycles. The van der Waals surface area contributed by atoms with E-state index >= 15 is 0 Å². The number of amides is 1. The van der Waals surface area contributed by atoms with Crippen LogP contribution in [0.15, 0.2) is 54.6 Å². The van der Waals surface area contributed by atoms with E-state index in [1.165, 1.54) is 4.90 Å². The largest absolute Gasteiger partial charge is 0.497 e. The van der Waals surface area contributed by atoms with Gasteiger partial charge < -0.3 is 24.7 Å². The van der Waals surface area contributed by atoms with Crippen LogP contribution >= 0.6 is 0 Å². The molecule has 1 aliphatic rings. The molecule has 7 nitrogen and oxygen atoms in total. The summed E-state index contributed by atoms with van der Waals surface area (Å²) in [7, 11) is 1.65. The molecule has 1 fully saturated rings. The van der Waals surface area contributed by atoms with Crippen molar-refractivity contribution in [2.75, 3.05) is 46.5 Å². The number of rotatable bonds is 7. The average molecular weight is 446 g/mol. The summed E-state index contributed by atoms with van der Waals surface area (Å²) in [5.41, 5.74) is 3.99. The minimum atomic E-state index is -0.150. The average Bonchev–Trinajstić information content (AvgIpc) is 3.25. The van der Waals surface area contributed by atoms with E-state index in [-0.39, 0.29) is 5.91 Å². The monoisotopic (exact) mass is 445 g/mol. The number of H-pyrrole nitrogens is 1. The Morgan fingerprint density at radius 3 is 2.82 bits per heavy atom. The summed E-state index contributed by atoms with van der Waals surface area (Å²) in [6, 6.07) is 17.8. The summed E-state index contributed by atoms with van der Waals surface area (Å²) in [4.78, 5) is 22.9. The lowest BCUT2D eigenvalue weighted by Gasteiger charge is -2.23. The summed E-state index contributed by atoms with van der Waals surface area (Å²) < 4.78 is 10.8. The predicted octanol–water partition coefficient (Wildman–Crippen LogP) is 2.43. The Labute approximate surface area is 192 Å². The zero-order valence-corrected chi connectivity index (χ0v) is 18.8. The van der Waals surface area contributed by atoms with Crippen LogP contribution in [0.3, 0.4) is 0 Å². The number of nitrogens with one attached hydrogen (secondary N) is 3. The topological polar surface area (TPSA) is 80.7 Å². The second-order valence-electron chi connectivity index (χ2n) is 8.40. The standard InChI is InChI=1S/C26H28N4O3/c1-32-19-7-4-6-18(16-19)24-25-21(20-8-2-3-9-22(20)28-25)17-23(29-24)26(31)27-10-5-11-30-12-14-33-15-13-30/h2-4,6-9,16-17,28H,5,10-15H2,1H3,(H,27,31)/p+1. The van der Waals surface area contributed by atoms with Crippen LogP contribution in [0, 0.1) is 0 Å². The Bertz CT molecular complexity index is 1280. The highest BCUT2D eigenvalue weighted by Crippen LogP contribution is 2.33. The molecule has 0 aliphatic carbocycles. The van der Waals surface area contributed by atoms with Crippen LogP contribution in [0.4, 0.5) is 0 Å². The number of para-hydroxylation sites is 1. The highest BCUT2D eigenvalue weighted by molar-refractivity contribution is 6.13. The Balaban J connectivity index is 1.44. The Hall–Kier alpha value is -3.42. The van der Waals surface area contributed by atoms with Crippen molar-refractivity contribution in [3.05, 3.63) is 60.3 Å². The molecule has 1 saturated heterocycles. The molecule has 5 rings (SSSR count). The van der Waals surface area contributed by atoms with E-state index in [1.54, 1.807) is 7.11 Å². The summed E-state index contributed by atoms with van der Waals surface area (Å²) in [5.74, 6) is 0.599. The Morgan fingerprint density at radius 2 is 1.97 bits per heavy atom. The number of carbonyl (C=O) groups is 1. The fraction of sp³-hybridized carbons (Fsp3) is 0.308. The van der Waals surface area contributed by atoms with Gasteiger partial charge in [0, 0.05) is 34.8 Å². The molecule has 2 aromatic heterocycles. The lowest BCUT2D eigenvalue weighted by molar-refractivity contribution is -0.908. The molecule has 3 heterocycles. The maximum absolute atomic E-state index is 13.1. The Kier molecular flexibility index (Phi) is 6.24. The third kappa shape index (κ3) is 4.55. The van der Waals surface area contributed by atoms with Crippen molar-refractivity contribution in [2.45, 2.75) is 6.42 Å². The fourth-order valence-corrected chi connectivity index (χ4v) is 4.48. The van der Waals surface area contributed by atoms with Crippen molar-refractivity contribution in [3.63, 3.8) is 0 Å². The number of benzene rings is 2. The van der Waals surface area contributed by atoms with E-state index < -0.39 is 0 Å². The van der Waals surface area contributed by atoms with Crippen LogP contribution in [0.25, 0.3) is 33.1 Å². The first-order valence-corrected chi connectivity index (χ1v) is 11.5. The zero-order valence-electron chi connectivity index (χ0n) is 18.8. The number of nitrogens with zero attached hydrogens (tertiary/aromatic N) is 1. The first kappa shape index (κ1) is 21.4. The molecule has 1 amide bonds. The van der Waals surface area contributed by atoms with Gasteiger partial charge in [-0.15, -0.1) is 0 Å². The lowest BCUT2D eigenvalue weighted by atomic mass is 10.1. The number of carbonyl (C=O) groups excluding carboxylic acids is 1. The number of methoxy groups -OCH3 is 1. The fourth-order valence-electron chi connectivity index (χ4n) is 4.48. The third-order valence-corrected chi connectivity index (χ3v) is 6.26. The second-order valence-corrected chi connectivity index (χ2v) is 8.40. The maximum Gasteiger partial charge on any atom is 0.269 e. The van der Waals surface area contributed by atoms with Crippen LogP contribution in [0.5, 0.6) is 5.75 Å². The molecular weight excluding hydrogens is 416 g/mol. The molecule has 170 valence electrons. The second kappa shape index (κ2) is 9.60. The number of quaternary nitrogens is 1. The smallest absolute Gasteiger partial charge is 0.269 e. The Morgan fingerprint density at radius 1 is 1.12 bits per heavy atom. The molecule has 0 atom stereocenters. The first-order chi connectivity index (χ1) is 16.2. The molecule has 3 N–H and O–H groups in total. The molecular formula is C26H29N4O3+. The number of hydrogen-bond donors (Lipinski definition) is 3. The highest BCUT2D eigenvalue weighted by atomic mass is 16.5. The normalized spacial score (nSPS) is 14.6. The predicted molar refractivity (Wildman–Crippen MR) is 129 cm³/mol. The molecule has 0 bridgehead atoms. The summed E-state index contributed by atoms with van der Waals surface area (Å²) >= 11 is 0. The summed E-state index contributed by atoms with van der Waals surface area (Å²) in [6.45, 7) is 5.39. The van der Waals surface area contributed by atoms with Gasteiger partial charge in [-0.05, 0) is 24.3 Å². The van der Waals surface area contributed by atoms with E-state index in [0.29, 0.717) is 12.2 Å². The maximum atomic E-state index is 13.1. The van der Waals surface area contributed by atoms with Crippen LogP contribution in [-0.4, -0.2) is 62.4 Å². The van der Waals surface area contributed by atoms with Crippen molar-refractivity contribution >= 4 is 27.7 Å². The lowest BCUT2D eigenvalue weighted by Crippen LogP contribution is -3.14. The number of aromatic amines is 1. The number of aromatic nitrogens is 2. The van der Waals surface area contributed by atoms with Gasteiger partial charge >= 0.3 is 0 Å². The van der Waals surface area contributed by atoms with E-state index in [2.05, 4.69) is 16.4 Å². The molecule has 2 aromatic carbocycles. The van der Waals surface area contributed by atoms with Crippen LogP contribution in [0.2, 0.25) is 0 Å². The molecule has 1 aliphatic heterocycles.